The van der Waals surface area contributed by atoms with Gasteiger partial charge in [-0.25, -0.2) is 9.59 Å². The Kier molecular flexibility index (Phi) is 5.41. The van der Waals surface area contributed by atoms with Crippen LogP contribution in [0.3, 0.4) is 0 Å². The smallest absolute Gasteiger partial charge is 0.337 e. The number of hydrogen-bond donors (Lipinski definition) is 1. The fourth-order valence-corrected chi connectivity index (χ4v) is 3.44. The molecule has 0 aromatic heterocycles. The predicted molar refractivity (Wildman–Crippen MR) is 108 cm³/mol. The first-order valence-corrected chi connectivity index (χ1v) is 9.53. The molecule has 2 aliphatic rings. The Balaban J connectivity index is 1.35. The Labute approximate surface area is 168 Å². The van der Waals surface area contributed by atoms with Crippen molar-refractivity contribution < 1.29 is 23.8 Å². The number of rotatable bonds is 3. The second-order valence-electron chi connectivity index (χ2n) is 6.80. The average Bonchev–Trinajstić information content (AvgIpc) is 2.78. The van der Waals surface area contributed by atoms with Gasteiger partial charge in [0.1, 0.15) is 13.2 Å². The number of esters is 1. The zero-order valence-corrected chi connectivity index (χ0v) is 16.2. The fraction of sp³-hybridized carbons (Fsp3) is 0.333. The van der Waals surface area contributed by atoms with E-state index in [9.17, 15) is 9.59 Å². The molecule has 152 valence electrons. The highest BCUT2D eigenvalue weighted by molar-refractivity contribution is 5.91. The standard InChI is InChI=1S/C21H23N3O5/c1-27-20(25)15-3-2-4-17(13-15)23-7-9-24(10-8-23)21(26)22-16-5-6-18-19(14-16)29-12-11-28-18/h2-6,13-14H,7-12H2,1H3,(H,22,26). The normalized spacial score (nSPS) is 15.6. The van der Waals surface area contributed by atoms with Crippen molar-refractivity contribution in [3.8, 4) is 11.5 Å². The second-order valence-corrected chi connectivity index (χ2v) is 6.80. The van der Waals surface area contributed by atoms with Crippen LogP contribution >= 0.6 is 0 Å². The van der Waals surface area contributed by atoms with Crippen molar-refractivity contribution in [1.82, 2.24) is 4.90 Å². The quantitative estimate of drug-likeness (QED) is 0.802. The molecular weight excluding hydrogens is 374 g/mol. The molecule has 0 bridgehead atoms. The van der Waals surface area contributed by atoms with Gasteiger partial charge in [0.2, 0.25) is 0 Å². The molecule has 2 aromatic carbocycles. The van der Waals surface area contributed by atoms with E-state index in [1.165, 1.54) is 7.11 Å². The number of methoxy groups -OCH3 is 1. The molecule has 2 heterocycles. The third kappa shape index (κ3) is 4.21. The molecule has 8 nitrogen and oxygen atoms in total. The summed E-state index contributed by atoms with van der Waals surface area (Å²) in [5.74, 6) is 0.977. The molecule has 4 rings (SSSR count). The summed E-state index contributed by atoms with van der Waals surface area (Å²) < 4.78 is 15.8. The Morgan fingerprint density at radius 2 is 1.72 bits per heavy atom. The summed E-state index contributed by atoms with van der Waals surface area (Å²) >= 11 is 0. The largest absolute Gasteiger partial charge is 0.486 e. The summed E-state index contributed by atoms with van der Waals surface area (Å²) in [7, 11) is 1.37. The molecule has 1 N–H and O–H groups in total. The zero-order valence-electron chi connectivity index (χ0n) is 16.2. The van der Waals surface area contributed by atoms with Crippen molar-refractivity contribution in [1.29, 1.82) is 0 Å². The number of nitrogens with one attached hydrogen (secondary N) is 1. The van der Waals surface area contributed by atoms with E-state index in [0.29, 0.717) is 62.1 Å². The van der Waals surface area contributed by atoms with E-state index >= 15 is 0 Å². The minimum atomic E-state index is -0.357. The van der Waals surface area contributed by atoms with E-state index in [1.807, 2.05) is 18.2 Å². The molecule has 2 amide bonds. The van der Waals surface area contributed by atoms with Crippen molar-refractivity contribution in [2.45, 2.75) is 0 Å². The van der Waals surface area contributed by atoms with Gasteiger partial charge in [-0.05, 0) is 30.3 Å². The Hall–Kier alpha value is -3.42. The van der Waals surface area contributed by atoms with Gasteiger partial charge in [0.15, 0.2) is 11.5 Å². The minimum Gasteiger partial charge on any atom is -0.486 e. The molecule has 2 aromatic rings. The van der Waals surface area contributed by atoms with Gasteiger partial charge in [0.25, 0.3) is 0 Å². The van der Waals surface area contributed by atoms with E-state index < -0.39 is 0 Å². The first-order valence-electron chi connectivity index (χ1n) is 9.53. The number of nitrogens with zero attached hydrogens (tertiary/aromatic N) is 2. The second kappa shape index (κ2) is 8.30. The van der Waals surface area contributed by atoms with Crippen LogP contribution in [0.25, 0.3) is 0 Å². The average molecular weight is 397 g/mol. The monoisotopic (exact) mass is 397 g/mol. The number of piperazine rings is 1. The Bertz CT molecular complexity index is 909. The number of carbonyl (C=O) groups is 2. The van der Waals surface area contributed by atoms with Crippen molar-refractivity contribution in [2.24, 2.45) is 0 Å². The third-order valence-corrected chi connectivity index (χ3v) is 4.99. The van der Waals surface area contributed by atoms with Gasteiger partial charge in [0.05, 0.1) is 12.7 Å². The number of ether oxygens (including phenoxy) is 3. The number of fused-ring (bicyclic) bond motifs is 1. The van der Waals surface area contributed by atoms with Crippen LogP contribution in [0.5, 0.6) is 11.5 Å². The third-order valence-electron chi connectivity index (χ3n) is 4.99. The van der Waals surface area contributed by atoms with Crippen LogP contribution < -0.4 is 19.7 Å². The summed E-state index contributed by atoms with van der Waals surface area (Å²) in [6.45, 7) is 3.56. The summed E-state index contributed by atoms with van der Waals surface area (Å²) in [6.07, 6.45) is 0. The molecule has 1 saturated heterocycles. The highest BCUT2D eigenvalue weighted by Gasteiger charge is 2.22. The lowest BCUT2D eigenvalue weighted by molar-refractivity contribution is 0.0600. The van der Waals surface area contributed by atoms with Crippen LogP contribution in [-0.4, -0.2) is 63.4 Å². The first-order chi connectivity index (χ1) is 14.1. The van der Waals surface area contributed by atoms with Gasteiger partial charge in [-0.15, -0.1) is 0 Å². The van der Waals surface area contributed by atoms with Crippen LogP contribution in [-0.2, 0) is 4.74 Å². The molecule has 1 fully saturated rings. The maximum Gasteiger partial charge on any atom is 0.337 e. The van der Waals surface area contributed by atoms with Crippen LogP contribution in [0.4, 0.5) is 16.2 Å². The predicted octanol–water partition coefficient (Wildman–Crippen LogP) is 2.60. The number of hydrogen-bond acceptors (Lipinski definition) is 6. The van der Waals surface area contributed by atoms with Gasteiger partial charge >= 0.3 is 12.0 Å². The highest BCUT2D eigenvalue weighted by atomic mass is 16.6. The lowest BCUT2D eigenvalue weighted by Gasteiger charge is -2.36. The molecule has 0 radical (unpaired) electrons. The van der Waals surface area contributed by atoms with Crippen molar-refractivity contribution in [3.05, 3.63) is 48.0 Å². The molecule has 29 heavy (non-hydrogen) atoms. The first kappa shape index (κ1) is 18.9. The van der Waals surface area contributed by atoms with E-state index in [0.717, 1.165) is 5.69 Å². The number of urea groups is 1. The fourth-order valence-electron chi connectivity index (χ4n) is 3.44. The van der Waals surface area contributed by atoms with E-state index in [4.69, 9.17) is 14.2 Å². The molecule has 0 unspecified atom stereocenters. The Morgan fingerprint density at radius 3 is 2.48 bits per heavy atom. The molecule has 0 aliphatic carbocycles. The van der Waals surface area contributed by atoms with Crippen LogP contribution in [0.1, 0.15) is 10.4 Å². The van der Waals surface area contributed by atoms with E-state index in [-0.39, 0.29) is 12.0 Å². The van der Waals surface area contributed by atoms with Crippen LogP contribution in [0.2, 0.25) is 0 Å². The lowest BCUT2D eigenvalue weighted by atomic mass is 10.1. The van der Waals surface area contributed by atoms with Gasteiger partial charge in [-0.3, -0.25) is 0 Å². The SMILES string of the molecule is COC(=O)c1cccc(N2CCN(C(=O)Nc3ccc4c(c3)OCCO4)CC2)c1. The molecule has 8 heteroatoms. The summed E-state index contributed by atoms with van der Waals surface area (Å²) in [6, 6.07) is 12.6. The zero-order chi connectivity index (χ0) is 20.2. The summed E-state index contributed by atoms with van der Waals surface area (Å²) in [5.41, 5.74) is 2.14. The van der Waals surface area contributed by atoms with E-state index in [2.05, 4.69) is 10.2 Å². The molecule has 0 spiro atoms. The van der Waals surface area contributed by atoms with Crippen molar-refractivity contribution >= 4 is 23.4 Å². The maximum absolute atomic E-state index is 12.6. The minimum absolute atomic E-state index is 0.148. The summed E-state index contributed by atoms with van der Waals surface area (Å²) in [4.78, 5) is 28.3. The topological polar surface area (TPSA) is 80.3 Å². The number of carbonyl (C=O) groups excluding carboxylic acids is 2. The summed E-state index contributed by atoms with van der Waals surface area (Å²) in [5, 5.41) is 2.92. The maximum atomic E-state index is 12.6. The number of benzene rings is 2. The number of amides is 2. The number of anilines is 2. The van der Waals surface area contributed by atoms with Gasteiger partial charge in [0, 0.05) is 43.6 Å². The lowest BCUT2D eigenvalue weighted by Crippen LogP contribution is -2.50. The molecule has 2 aliphatic heterocycles. The molecular formula is C21H23N3O5. The van der Waals surface area contributed by atoms with E-state index in [1.54, 1.807) is 29.2 Å². The van der Waals surface area contributed by atoms with Crippen molar-refractivity contribution in [3.63, 3.8) is 0 Å². The van der Waals surface area contributed by atoms with Crippen LogP contribution in [0.15, 0.2) is 42.5 Å². The highest BCUT2D eigenvalue weighted by Crippen LogP contribution is 2.32. The molecule has 0 atom stereocenters. The Morgan fingerprint density at radius 1 is 0.966 bits per heavy atom. The van der Waals surface area contributed by atoms with Crippen LogP contribution in [0, 0.1) is 0 Å². The molecule has 0 saturated carbocycles. The van der Waals surface area contributed by atoms with Crippen molar-refractivity contribution in [2.75, 3.05) is 56.7 Å². The van der Waals surface area contributed by atoms with Gasteiger partial charge < -0.3 is 29.3 Å². The van der Waals surface area contributed by atoms with Gasteiger partial charge in [-0.1, -0.05) is 6.07 Å². The van der Waals surface area contributed by atoms with Gasteiger partial charge in [-0.2, -0.15) is 0 Å².